The Morgan fingerprint density at radius 2 is 1.95 bits per heavy atom. The highest BCUT2D eigenvalue weighted by atomic mass is 35.5. The molecule has 2 rings (SSSR count). The fourth-order valence-corrected chi connectivity index (χ4v) is 1.93. The summed E-state index contributed by atoms with van der Waals surface area (Å²) in [5, 5.41) is 12.5. The molecule has 1 heterocycles. The van der Waals surface area contributed by atoms with E-state index in [1.54, 1.807) is 30.3 Å². The summed E-state index contributed by atoms with van der Waals surface area (Å²) in [4.78, 5) is 3.98. The molecule has 5 nitrogen and oxygen atoms in total. The van der Waals surface area contributed by atoms with Gasteiger partial charge in [-0.05, 0) is 30.3 Å². The van der Waals surface area contributed by atoms with Crippen LogP contribution < -0.4 is 10.5 Å². The first-order chi connectivity index (χ1) is 9.10. The molecule has 0 radical (unpaired) electrons. The van der Waals surface area contributed by atoms with Gasteiger partial charge in [0.1, 0.15) is 5.75 Å². The fourth-order valence-electron chi connectivity index (χ4n) is 1.43. The molecule has 7 heteroatoms. The number of pyridine rings is 1. The summed E-state index contributed by atoms with van der Waals surface area (Å²) in [6.45, 7) is 0. The van der Waals surface area contributed by atoms with E-state index in [2.05, 4.69) is 10.1 Å². The molecule has 0 saturated carbocycles. The Hall–Kier alpha value is -1.98. The summed E-state index contributed by atoms with van der Waals surface area (Å²) in [6.07, 6.45) is 1.51. The number of nitrogens with two attached hydrogens (primary N) is 1. The summed E-state index contributed by atoms with van der Waals surface area (Å²) in [5.74, 6) is 0.609. The molecule has 0 aliphatic heterocycles. The largest absolute Gasteiger partial charge is 0.455 e. The number of benzene rings is 1. The number of hydrogen-bond donors (Lipinski definition) is 2. The number of aromatic nitrogens is 1. The van der Waals surface area contributed by atoms with Crippen molar-refractivity contribution >= 4 is 29.0 Å². The molecule has 19 heavy (non-hydrogen) atoms. The van der Waals surface area contributed by atoms with Crippen molar-refractivity contribution in [3.8, 4) is 11.5 Å². The quantitative estimate of drug-likeness (QED) is 0.394. The van der Waals surface area contributed by atoms with E-state index in [-0.39, 0.29) is 11.5 Å². The summed E-state index contributed by atoms with van der Waals surface area (Å²) >= 11 is 11.8. The molecule has 0 aliphatic carbocycles. The number of halogens is 2. The van der Waals surface area contributed by atoms with Crippen molar-refractivity contribution in [2.75, 3.05) is 0 Å². The molecule has 98 valence electrons. The Balaban J connectivity index is 2.38. The zero-order valence-electron chi connectivity index (χ0n) is 9.55. The zero-order chi connectivity index (χ0) is 13.8. The average molecular weight is 298 g/mol. The van der Waals surface area contributed by atoms with Crippen LogP contribution in [0.4, 0.5) is 0 Å². The molecule has 0 spiro atoms. The molecule has 1 aromatic carbocycles. The van der Waals surface area contributed by atoms with E-state index in [4.69, 9.17) is 38.9 Å². The predicted molar refractivity (Wildman–Crippen MR) is 73.3 cm³/mol. The molecule has 0 bridgehead atoms. The van der Waals surface area contributed by atoms with Gasteiger partial charge >= 0.3 is 0 Å². The van der Waals surface area contributed by atoms with Crippen molar-refractivity contribution in [1.82, 2.24) is 4.98 Å². The Bertz CT molecular complexity index is 612. The molecule has 0 unspecified atom stereocenters. The van der Waals surface area contributed by atoms with Gasteiger partial charge < -0.3 is 15.7 Å². The standard InChI is InChI=1S/C12H9Cl2N3O2/c13-7-4-8(14)6-9(5-7)19-10-2-1-3-16-11(10)12(15)17-18/h1-6,18H,(H2,15,17). The van der Waals surface area contributed by atoms with Gasteiger partial charge in [0.2, 0.25) is 0 Å². The van der Waals surface area contributed by atoms with E-state index >= 15 is 0 Å². The number of hydrogen-bond acceptors (Lipinski definition) is 4. The summed E-state index contributed by atoms with van der Waals surface area (Å²) < 4.78 is 5.59. The molecule has 0 atom stereocenters. The third-order valence-corrected chi connectivity index (χ3v) is 2.62. The third kappa shape index (κ3) is 3.27. The van der Waals surface area contributed by atoms with Gasteiger partial charge in [-0.2, -0.15) is 0 Å². The zero-order valence-corrected chi connectivity index (χ0v) is 11.1. The Kier molecular flexibility index (Phi) is 4.09. The molecule has 0 amide bonds. The second kappa shape index (κ2) is 5.77. The van der Waals surface area contributed by atoms with Crippen LogP contribution in [0.5, 0.6) is 11.5 Å². The average Bonchev–Trinajstić information content (AvgIpc) is 2.37. The van der Waals surface area contributed by atoms with Crippen LogP contribution in [-0.2, 0) is 0 Å². The van der Waals surface area contributed by atoms with Gasteiger partial charge in [-0.1, -0.05) is 28.4 Å². The molecule has 1 aromatic heterocycles. The van der Waals surface area contributed by atoms with Crippen LogP contribution in [0.15, 0.2) is 41.7 Å². The van der Waals surface area contributed by atoms with Gasteiger partial charge in [0, 0.05) is 16.2 Å². The maximum Gasteiger partial charge on any atom is 0.192 e. The van der Waals surface area contributed by atoms with Crippen LogP contribution in [-0.4, -0.2) is 16.0 Å². The number of ether oxygens (including phenoxy) is 1. The summed E-state index contributed by atoms with van der Waals surface area (Å²) in [7, 11) is 0. The first-order valence-electron chi connectivity index (χ1n) is 5.17. The van der Waals surface area contributed by atoms with Gasteiger partial charge in [0.25, 0.3) is 0 Å². The van der Waals surface area contributed by atoms with Crippen LogP contribution >= 0.6 is 23.2 Å². The highest BCUT2D eigenvalue weighted by Gasteiger charge is 2.11. The SMILES string of the molecule is N/C(=N/O)c1ncccc1Oc1cc(Cl)cc(Cl)c1. The van der Waals surface area contributed by atoms with Gasteiger partial charge in [-0.25, -0.2) is 4.98 Å². The number of rotatable bonds is 3. The first kappa shape index (κ1) is 13.5. The smallest absolute Gasteiger partial charge is 0.192 e. The predicted octanol–water partition coefficient (Wildman–Crippen LogP) is 3.28. The minimum atomic E-state index is -0.149. The van der Waals surface area contributed by atoms with Gasteiger partial charge in [-0.15, -0.1) is 0 Å². The lowest BCUT2D eigenvalue weighted by molar-refractivity contribution is 0.318. The number of nitrogens with zero attached hydrogens (tertiary/aromatic N) is 2. The van der Waals surface area contributed by atoms with Crippen molar-refractivity contribution in [3.63, 3.8) is 0 Å². The molecule has 0 saturated heterocycles. The normalized spacial score (nSPS) is 11.4. The lowest BCUT2D eigenvalue weighted by Gasteiger charge is -2.09. The van der Waals surface area contributed by atoms with E-state index in [1.165, 1.54) is 6.20 Å². The minimum absolute atomic E-state index is 0.149. The van der Waals surface area contributed by atoms with E-state index in [0.29, 0.717) is 21.5 Å². The second-order valence-electron chi connectivity index (χ2n) is 3.54. The van der Waals surface area contributed by atoms with Crippen molar-refractivity contribution in [3.05, 3.63) is 52.3 Å². The van der Waals surface area contributed by atoms with Crippen molar-refractivity contribution in [2.45, 2.75) is 0 Å². The summed E-state index contributed by atoms with van der Waals surface area (Å²) in [6, 6.07) is 8.07. The Labute approximate surface area is 119 Å². The Morgan fingerprint density at radius 3 is 2.58 bits per heavy atom. The molecule has 3 N–H and O–H groups in total. The number of amidine groups is 1. The van der Waals surface area contributed by atoms with E-state index < -0.39 is 0 Å². The molecule has 0 aliphatic rings. The topological polar surface area (TPSA) is 80.7 Å². The first-order valence-corrected chi connectivity index (χ1v) is 5.92. The van der Waals surface area contributed by atoms with Crippen LogP contribution in [0.25, 0.3) is 0 Å². The highest BCUT2D eigenvalue weighted by molar-refractivity contribution is 6.34. The van der Waals surface area contributed by atoms with Gasteiger partial charge in [0.15, 0.2) is 17.3 Å². The third-order valence-electron chi connectivity index (χ3n) is 2.18. The van der Waals surface area contributed by atoms with Gasteiger partial charge in [-0.3, -0.25) is 0 Å². The fraction of sp³-hybridized carbons (Fsp3) is 0. The lowest BCUT2D eigenvalue weighted by atomic mass is 10.3. The van der Waals surface area contributed by atoms with Crippen LogP contribution in [0, 0.1) is 0 Å². The van der Waals surface area contributed by atoms with E-state index in [1.807, 2.05) is 0 Å². The maximum atomic E-state index is 8.69. The highest BCUT2D eigenvalue weighted by Crippen LogP contribution is 2.29. The van der Waals surface area contributed by atoms with Crippen molar-refractivity contribution in [2.24, 2.45) is 10.9 Å². The van der Waals surface area contributed by atoms with Crippen LogP contribution in [0.1, 0.15) is 5.69 Å². The molecule has 2 aromatic rings. The monoisotopic (exact) mass is 297 g/mol. The number of oxime groups is 1. The van der Waals surface area contributed by atoms with E-state index in [0.717, 1.165) is 0 Å². The second-order valence-corrected chi connectivity index (χ2v) is 4.42. The lowest BCUT2D eigenvalue weighted by Crippen LogP contribution is -2.15. The van der Waals surface area contributed by atoms with Crippen LogP contribution in [0.3, 0.4) is 0 Å². The van der Waals surface area contributed by atoms with Crippen LogP contribution in [0.2, 0.25) is 10.0 Å². The molecular weight excluding hydrogens is 289 g/mol. The van der Waals surface area contributed by atoms with Crippen molar-refractivity contribution in [1.29, 1.82) is 0 Å². The Morgan fingerprint density at radius 1 is 1.26 bits per heavy atom. The minimum Gasteiger partial charge on any atom is -0.455 e. The van der Waals surface area contributed by atoms with E-state index in [9.17, 15) is 0 Å². The maximum absolute atomic E-state index is 8.69. The molecule has 0 fully saturated rings. The van der Waals surface area contributed by atoms with Gasteiger partial charge in [0.05, 0.1) is 0 Å². The summed E-state index contributed by atoms with van der Waals surface area (Å²) in [5.41, 5.74) is 5.74. The molecular formula is C12H9Cl2N3O2. The van der Waals surface area contributed by atoms with Crippen molar-refractivity contribution < 1.29 is 9.94 Å².